The Balaban J connectivity index is 1.03. The van der Waals surface area contributed by atoms with E-state index in [-0.39, 0.29) is 68.4 Å². The molecule has 5 rings (SSSR count). The van der Waals surface area contributed by atoms with Crippen molar-refractivity contribution in [3.8, 4) is 5.75 Å². The summed E-state index contributed by atoms with van der Waals surface area (Å²) in [7, 11) is 7.61. The number of alkyl carbamates (subject to hydrolysis) is 1. The smallest absolute Gasteiger partial charge is 0.409 e. The first-order valence-corrected chi connectivity index (χ1v) is 28.1. The van der Waals surface area contributed by atoms with E-state index in [0.717, 1.165) is 43.2 Å². The number of amides is 5. The standard InChI is InChI=1S/C57H86ClN5O17/c1-38-17-15-20-46(72-9)57(70)37-45(78-54(68)60-57)39(2)52-56(4,80-52)47(36-50(66)63(7)43-34-41(33-38)35-44(71-8)51(43)58)79-53(67)40(3)62(6)49(65)22-16-21-48(64)59-23-25-73-27-29-75-31-32-76-30-28-74-26-24-61(5)55(69)77-42-18-13-11-10-12-14-19-42/h10-11,15,17,20,34-35,39-40,42,45-47,52,70H,12-14,16,18-19,21-33,36-37H2,1-9H3,(H,59,64)(H,60,68)/b11-10+,20-15+,38-17+/t39-,40+,42?,45+,46-,47+,52+,56+,57+/m1/s1. The van der Waals surface area contributed by atoms with E-state index in [4.69, 9.17) is 59.0 Å². The van der Waals surface area contributed by atoms with Crippen LogP contribution in [0.25, 0.3) is 0 Å². The molecule has 4 aliphatic rings. The molecule has 1 aliphatic carbocycles. The van der Waals surface area contributed by atoms with Crippen molar-refractivity contribution in [2.24, 2.45) is 5.92 Å². The number of carbonyl (C=O) groups is 6. The van der Waals surface area contributed by atoms with Crippen molar-refractivity contribution in [1.29, 1.82) is 0 Å². The molecule has 4 bridgehead atoms. The number of rotatable bonds is 25. The predicted octanol–water partition coefficient (Wildman–Crippen LogP) is 5.82. The van der Waals surface area contributed by atoms with Gasteiger partial charge in [-0.3, -0.25) is 19.7 Å². The summed E-state index contributed by atoms with van der Waals surface area (Å²) < 4.78 is 57.3. The average molecular weight is 1150 g/mol. The lowest BCUT2D eigenvalue weighted by atomic mass is 9.83. The van der Waals surface area contributed by atoms with E-state index in [1.807, 2.05) is 13.0 Å². The van der Waals surface area contributed by atoms with Crippen LogP contribution in [-0.2, 0) is 68.2 Å². The van der Waals surface area contributed by atoms with Crippen molar-refractivity contribution >= 4 is 53.2 Å². The number of methoxy groups -OCH3 is 2. The molecule has 0 spiro atoms. The fourth-order valence-corrected chi connectivity index (χ4v) is 9.99. The molecule has 3 heterocycles. The molecule has 2 fully saturated rings. The third-order valence-electron chi connectivity index (χ3n) is 14.9. The van der Waals surface area contributed by atoms with Crippen LogP contribution in [0.3, 0.4) is 0 Å². The maximum atomic E-state index is 14.3. The van der Waals surface area contributed by atoms with Gasteiger partial charge in [-0.2, -0.15) is 0 Å². The monoisotopic (exact) mass is 1150 g/mol. The number of aliphatic hydroxyl groups is 1. The molecule has 0 saturated carbocycles. The number of anilines is 1. The second kappa shape index (κ2) is 32.3. The molecule has 5 amide bonds. The molecule has 1 aromatic carbocycles. The number of hydrogen-bond acceptors (Lipinski definition) is 17. The molecule has 3 N–H and O–H groups in total. The number of fused-ring (bicyclic) bond motifs is 5. The quantitative estimate of drug-likeness (QED) is 0.0343. The van der Waals surface area contributed by atoms with Crippen LogP contribution in [0.2, 0.25) is 5.02 Å². The Morgan fingerprint density at radius 2 is 1.62 bits per heavy atom. The van der Waals surface area contributed by atoms with Crippen molar-refractivity contribution in [2.75, 3.05) is 106 Å². The zero-order valence-corrected chi connectivity index (χ0v) is 48.9. The van der Waals surface area contributed by atoms with Crippen LogP contribution >= 0.6 is 11.6 Å². The van der Waals surface area contributed by atoms with E-state index in [2.05, 4.69) is 22.8 Å². The molecular formula is C57H86ClN5O17. The number of hydrogen-bond donors (Lipinski definition) is 3. The number of nitrogens with zero attached hydrogens (tertiary/aromatic N) is 3. The minimum atomic E-state index is -1.87. The van der Waals surface area contributed by atoms with Gasteiger partial charge in [0.1, 0.15) is 46.8 Å². The number of allylic oxidation sites excluding steroid dienone is 5. The molecule has 80 heavy (non-hydrogen) atoms. The zero-order chi connectivity index (χ0) is 58.4. The van der Waals surface area contributed by atoms with Crippen LogP contribution in [0.5, 0.6) is 5.75 Å². The minimum absolute atomic E-state index is 0.0344. The Kier molecular flexibility index (Phi) is 26.5. The number of esters is 1. The molecule has 0 radical (unpaired) electrons. The molecule has 1 aromatic rings. The summed E-state index contributed by atoms with van der Waals surface area (Å²) >= 11 is 6.81. The molecule has 23 heteroatoms. The van der Waals surface area contributed by atoms with Gasteiger partial charge < -0.3 is 72.5 Å². The SMILES string of the molecule is COc1cc2cc(c1Cl)N(C)C(=O)C[C@H](OC(=O)[C@H](C)N(C)C(=O)CCCC(=O)NCCOCCOCCOCCOCCN(C)C(=O)OC1CC/C=C/CCC1)[C@]1(C)O[C@H]1[C@H](C)[C@@H]1C[C@@](O)(NC(=O)O1)[C@H](OC)/C=C/C=C(\C)C2. The third kappa shape index (κ3) is 19.7. The lowest BCUT2D eigenvalue weighted by Crippen LogP contribution is -2.63. The first-order chi connectivity index (χ1) is 38.2. The molecule has 3 aliphatic heterocycles. The normalized spacial score (nSPS) is 27.0. The second-order valence-electron chi connectivity index (χ2n) is 21.0. The molecule has 448 valence electrons. The number of ether oxygens (including phenoxy) is 10. The van der Waals surface area contributed by atoms with Crippen molar-refractivity contribution in [3.05, 3.63) is 58.7 Å². The molecule has 1 unspecified atom stereocenters. The van der Waals surface area contributed by atoms with Gasteiger partial charge in [-0.05, 0) is 83.4 Å². The zero-order valence-electron chi connectivity index (χ0n) is 48.1. The number of likely N-dealkylation sites (N-methyl/N-ethyl adjacent to an activating group) is 2. The molecule has 9 atom stereocenters. The van der Waals surface area contributed by atoms with Crippen molar-refractivity contribution < 1.29 is 81.2 Å². The summed E-state index contributed by atoms with van der Waals surface area (Å²) in [6, 6.07) is 2.44. The van der Waals surface area contributed by atoms with E-state index in [1.165, 1.54) is 42.9 Å². The van der Waals surface area contributed by atoms with Gasteiger partial charge in [0.2, 0.25) is 17.7 Å². The van der Waals surface area contributed by atoms with E-state index in [0.29, 0.717) is 70.7 Å². The Labute approximate surface area is 476 Å². The van der Waals surface area contributed by atoms with E-state index >= 15 is 0 Å². The highest BCUT2D eigenvalue weighted by molar-refractivity contribution is 6.35. The van der Waals surface area contributed by atoms with Gasteiger partial charge in [-0.15, -0.1) is 0 Å². The Morgan fingerprint density at radius 3 is 2.31 bits per heavy atom. The molecule has 22 nitrogen and oxygen atoms in total. The van der Waals surface area contributed by atoms with Crippen LogP contribution in [0.4, 0.5) is 15.3 Å². The Hall–Kier alpha value is -5.33. The van der Waals surface area contributed by atoms with Crippen LogP contribution in [-0.4, -0.2) is 200 Å². The predicted molar refractivity (Wildman–Crippen MR) is 296 cm³/mol. The van der Waals surface area contributed by atoms with Gasteiger partial charge in [-0.25, -0.2) is 14.4 Å². The fraction of sp³-hybridized carbons (Fsp3) is 0.684. The van der Waals surface area contributed by atoms with Crippen molar-refractivity contribution in [3.63, 3.8) is 0 Å². The second-order valence-corrected chi connectivity index (χ2v) is 21.3. The first kappa shape index (κ1) is 65.5. The highest BCUT2D eigenvalue weighted by Gasteiger charge is 2.64. The number of benzene rings is 1. The maximum Gasteiger partial charge on any atom is 0.409 e. The van der Waals surface area contributed by atoms with Gasteiger partial charge >= 0.3 is 18.2 Å². The highest BCUT2D eigenvalue weighted by Crippen LogP contribution is 2.49. The number of epoxide rings is 1. The lowest BCUT2D eigenvalue weighted by Gasteiger charge is -2.42. The van der Waals surface area contributed by atoms with E-state index in [1.54, 1.807) is 52.2 Å². The summed E-state index contributed by atoms with van der Waals surface area (Å²) in [5.41, 5.74) is -1.13. The highest BCUT2D eigenvalue weighted by atomic mass is 35.5. The van der Waals surface area contributed by atoms with Crippen molar-refractivity contribution in [1.82, 2.24) is 20.4 Å². The topological polar surface area (TPSA) is 252 Å². The van der Waals surface area contributed by atoms with E-state index < -0.39 is 71.6 Å². The number of nitrogens with one attached hydrogen (secondary N) is 2. The van der Waals surface area contributed by atoms with Gasteiger partial charge in [0, 0.05) is 66.5 Å². The van der Waals surface area contributed by atoms with Gasteiger partial charge in [0.25, 0.3) is 0 Å². The minimum Gasteiger partial charge on any atom is -0.495 e. The maximum absolute atomic E-state index is 14.3. The Bertz CT molecular complexity index is 2320. The molecular weight excluding hydrogens is 1060 g/mol. The molecule has 0 aromatic heterocycles. The van der Waals surface area contributed by atoms with E-state index in [9.17, 15) is 33.9 Å². The fourth-order valence-electron chi connectivity index (χ4n) is 9.68. The summed E-state index contributed by atoms with van der Waals surface area (Å²) in [5.74, 6) is -2.20. The largest absolute Gasteiger partial charge is 0.495 e. The van der Waals surface area contributed by atoms with Crippen LogP contribution in [0.15, 0.2) is 48.1 Å². The van der Waals surface area contributed by atoms with Crippen LogP contribution in [0.1, 0.15) is 97.5 Å². The Morgan fingerprint density at radius 1 is 0.950 bits per heavy atom. The summed E-state index contributed by atoms with van der Waals surface area (Å²) in [6.07, 6.45) is 9.36. The number of carbonyl (C=O) groups excluding carboxylic acids is 6. The van der Waals surface area contributed by atoms with Gasteiger partial charge in [0.05, 0.1) is 78.2 Å². The summed E-state index contributed by atoms with van der Waals surface area (Å²) in [6.45, 7) is 10.4. The first-order valence-electron chi connectivity index (χ1n) is 27.7. The third-order valence-corrected chi connectivity index (χ3v) is 15.3. The van der Waals surface area contributed by atoms with Gasteiger partial charge in [0.15, 0.2) is 5.72 Å². The van der Waals surface area contributed by atoms with Crippen LogP contribution < -0.4 is 20.3 Å². The van der Waals surface area contributed by atoms with Gasteiger partial charge in [-0.1, -0.05) is 54.5 Å². The molecule has 2 saturated heterocycles. The average Bonchev–Trinajstić information content (AvgIpc) is 4.29. The summed E-state index contributed by atoms with van der Waals surface area (Å²) in [5, 5.41) is 17.3. The van der Waals surface area contributed by atoms with Crippen molar-refractivity contribution in [2.45, 2.75) is 146 Å². The number of halogens is 1. The summed E-state index contributed by atoms with van der Waals surface area (Å²) in [4.78, 5) is 83.9. The lowest BCUT2D eigenvalue weighted by molar-refractivity contribution is -0.162. The van der Waals surface area contributed by atoms with Crippen LogP contribution in [0, 0.1) is 5.92 Å².